The largest absolute Gasteiger partial charge is 0.358 e. The Morgan fingerprint density at radius 3 is 2.16 bits per heavy atom. The molecular formula is C18H24S. The zero-order valence-electron chi connectivity index (χ0n) is 12.3. The highest BCUT2D eigenvalue weighted by Crippen LogP contribution is 2.33. The van der Waals surface area contributed by atoms with E-state index in [1.54, 1.807) is 4.90 Å². The van der Waals surface area contributed by atoms with Crippen molar-refractivity contribution in [2.24, 2.45) is 0 Å². The number of hydrogen-bond donors (Lipinski definition) is 0. The Morgan fingerprint density at radius 1 is 0.895 bits per heavy atom. The molecular weight excluding hydrogens is 248 g/mol. The summed E-state index contributed by atoms with van der Waals surface area (Å²) < 4.78 is 0. The van der Waals surface area contributed by atoms with Crippen molar-refractivity contribution in [2.45, 2.75) is 37.5 Å². The second kappa shape index (κ2) is 6.00. The maximum absolute atomic E-state index is 2.41. The van der Waals surface area contributed by atoms with E-state index < -0.39 is 0 Å². The highest BCUT2D eigenvalue weighted by Gasteiger charge is 2.28. The van der Waals surface area contributed by atoms with Gasteiger partial charge in [-0.15, -0.1) is 0 Å². The minimum Gasteiger partial charge on any atom is -0.358 e. The van der Waals surface area contributed by atoms with Gasteiger partial charge in [-0.3, -0.25) is 0 Å². The molecule has 0 saturated carbocycles. The second-order valence-electron chi connectivity index (χ2n) is 5.46. The first-order valence-electron chi connectivity index (χ1n) is 6.96. The summed E-state index contributed by atoms with van der Waals surface area (Å²) >= 11 is 0. The molecule has 1 heteroatoms. The van der Waals surface area contributed by atoms with Gasteiger partial charge in [0.25, 0.3) is 0 Å². The molecule has 0 N–H and O–H groups in total. The van der Waals surface area contributed by atoms with Gasteiger partial charge in [-0.1, -0.05) is 38.1 Å². The summed E-state index contributed by atoms with van der Waals surface area (Å²) in [6.45, 7) is 4.58. The molecule has 1 heterocycles. The Hall–Kier alpha value is -0.950. The van der Waals surface area contributed by atoms with Gasteiger partial charge in [-0.25, -0.2) is 0 Å². The number of hydrogen-bond acceptors (Lipinski definition) is 0. The average molecular weight is 272 g/mol. The molecule has 0 aliphatic carbocycles. The Kier molecular flexibility index (Phi) is 4.57. The third-order valence-electron chi connectivity index (χ3n) is 3.88. The molecule has 0 bridgehead atoms. The highest BCUT2D eigenvalue weighted by atomic mass is 32.2. The van der Waals surface area contributed by atoms with E-state index in [4.69, 9.17) is 0 Å². The Labute approximate surface area is 120 Å². The van der Waals surface area contributed by atoms with Crippen LogP contribution in [-0.2, 0) is 10.9 Å². The summed E-state index contributed by atoms with van der Waals surface area (Å²) in [7, 11) is 0.513. The lowest BCUT2D eigenvalue weighted by molar-refractivity contribution is 0.875. The van der Waals surface area contributed by atoms with Crippen molar-refractivity contribution in [3.63, 3.8) is 0 Å². The van der Waals surface area contributed by atoms with Crippen LogP contribution in [0.25, 0.3) is 10.8 Å². The minimum absolute atomic E-state index is 0. The average Bonchev–Trinajstić information content (AvgIpc) is 2.91. The van der Waals surface area contributed by atoms with Gasteiger partial charge < -0.3 is 7.43 Å². The maximum Gasteiger partial charge on any atom is 0.162 e. The first-order chi connectivity index (χ1) is 8.77. The predicted octanol–water partition coefficient (Wildman–Crippen LogP) is 5.18. The van der Waals surface area contributed by atoms with Gasteiger partial charge in [0, 0.05) is 16.3 Å². The molecule has 0 atom stereocenters. The van der Waals surface area contributed by atoms with Crippen molar-refractivity contribution < 1.29 is 0 Å². The van der Waals surface area contributed by atoms with E-state index in [1.807, 2.05) is 0 Å². The van der Waals surface area contributed by atoms with Crippen LogP contribution in [0.4, 0.5) is 0 Å². The van der Waals surface area contributed by atoms with Crippen LogP contribution >= 0.6 is 0 Å². The molecule has 3 rings (SSSR count). The van der Waals surface area contributed by atoms with E-state index in [0.717, 1.165) is 0 Å². The summed E-state index contributed by atoms with van der Waals surface area (Å²) in [5, 5.41) is 2.98. The number of rotatable bonds is 2. The van der Waals surface area contributed by atoms with Crippen LogP contribution in [0.1, 0.15) is 38.2 Å². The van der Waals surface area contributed by atoms with Gasteiger partial charge in [0.1, 0.15) is 11.5 Å². The Balaban J connectivity index is 0.00000133. The normalized spacial score (nSPS) is 15.9. The van der Waals surface area contributed by atoms with Crippen LogP contribution in [-0.4, -0.2) is 11.5 Å². The zero-order valence-corrected chi connectivity index (χ0v) is 13.1. The highest BCUT2D eigenvalue weighted by molar-refractivity contribution is 7.97. The molecule has 0 radical (unpaired) electrons. The fraction of sp³-hybridized carbons (Fsp3) is 0.389. The van der Waals surface area contributed by atoms with Crippen molar-refractivity contribution in [3.8, 4) is 0 Å². The lowest BCUT2D eigenvalue weighted by Crippen LogP contribution is -2.05. The van der Waals surface area contributed by atoms with Crippen LogP contribution in [0, 0.1) is 7.43 Å². The third-order valence-corrected chi connectivity index (χ3v) is 6.42. The van der Waals surface area contributed by atoms with Gasteiger partial charge >= 0.3 is 0 Å². The number of benzene rings is 2. The summed E-state index contributed by atoms with van der Waals surface area (Å²) in [5.74, 6) is 3.42. The third kappa shape index (κ3) is 2.67. The first-order valence-corrected chi connectivity index (χ1v) is 8.53. The van der Waals surface area contributed by atoms with Crippen molar-refractivity contribution in [1.29, 1.82) is 0 Å². The molecule has 2 aromatic rings. The van der Waals surface area contributed by atoms with Crippen molar-refractivity contribution >= 4 is 21.7 Å². The summed E-state index contributed by atoms with van der Waals surface area (Å²) in [6.07, 6.45) is 2.84. The predicted molar refractivity (Wildman–Crippen MR) is 89.1 cm³/mol. The molecule has 19 heavy (non-hydrogen) atoms. The Morgan fingerprint density at radius 2 is 1.53 bits per heavy atom. The molecule has 1 saturated heterocycles. The molecule has 1 aliphatic heterocycles. The molecule has 102 valence electrons. The minimum atomic E-state index is 0. The van der Waals surface area contributed by atoms with E-state index in [9.17, 15) is 0 Å². The van der Waals surface area contributed by atoms with Gasteiger partial charge in [-0.2, -0.15) is 0 Å². The lowest BCUT2D eigenvalue weighted by Gasteiger charge is -2.12. The Bertz CT molecular complexity index is 551. The summed E-state index contributed by atoms with van der Waals surface area (Å²) in [4.78, 5) is 1.62. The second-order valence-corrected chi connectivity index (χ2v) is 7.70. The maximum atomic E-state index is 2.41. The van der Waals surface area contributed by atoms with Crippen LogP contribution in [0.3, 0.4) is 0 Å². The molecule has 1 fully saturated rings. The van der Waals surface area contributed by atoms with Crippen molar-refractivity contribution in [1.82, 2.24) is 0 Å². The van der Waals surface area contributed by atoms with Gasteiger partial charge in [0.15, 0.2) is 4.90 Å². The topological polar surface area (TPSA) is 0 Å². The zero-order chi connectivity index (χ0) is 12.5. The molecule has 0 aromatic heterocycles. The van der Waals surface area contributed by atoms with Crippen LogP contribution in [0.15, 0.2) is 41.3 Å². The molecule has 0 nitrogen and oxygen atoms in total. The number of fused-ring (bicyclic) bond motifs is 1. The van der Waals surface area contributed by atoms with E-state index in [2.05, 4.69) is 50.2 Å². The van der Waals surface area contributed by atoms with Crippen molar-refractivity contribution in [3.05, 3.63) is 49.4 Å². The van der Waals surface area contributed by atoms with Crippen LogP contribution < -0.4 is 0 Å². The van der Waals surface area contributed by atoms with Gasteiger partial charge in [0.05, 0.1) is 0 Å². The lowest BCUT2D eigenvalue weighted by atomic mass is 9.96. The van der Waals surface area contributed by atoms with E-state index in [0.29, 0.717) is 16.8 Å². The molecule has 1 aliphatic rings. The molecule has 0 spiro atoms. The summed E-state index contributed by atoms with van der Waals surface area (Å²) in [5.41, 5.74) is 1.50. The quantitative estimate of drug-likeness (QED) is 0.521. The SMILES string of the molecule is CC(C)c1ccc([S+]2CCCC2)c2ccccc12.[CH3-]. The van der Waals surface area contributed by atoms with Crippen LogP contribution in [0.2, 0.25) is 0 Å². The van der Waals surface area contributed by atoms with Crippen LogP contribution in [0.5, 0.6) is 0 Å². The summed E-state index contributed by atoms with van der Waals surface area (Å²) in [6, 6.07) is 13.8. The standard InChI is InChI=1S/C17H21S.CH3/c1-13(2)14-9-10-17(18-11-5-6-12-18)16-8-4-3-7-15(14)16;/h3-4,7-10,13H,5-6,11-12H2,1-2H3;1H3/q+1;-1. The van der Waals surface area contributed by atoms with E-state index in [1.165, 1.54) is 40.7 Å². The molecule has 2 aromatic carbocycles. The first kappa shape index (κ1) is 14.5. The van der Waals surface area contributed by atoms with Gasteiger partial charge in [-0.05, 0) is 41.8 Å². The smallest absolute Gasteiger partial charge is 0.162 e. The van der Waals surface area contributed by atoms with Gasteiger partial charge in [0.2, 0.25) is 0 Å². The molecule has 0 amide bonds. The van der Waals surface area contributed by atoms with E-state index >= 15 is 0 Å². The molecule has 0 unspecified atom stereocenters. The monoisotopic (exact) mass is 272 g/mol. The van der Waals surface area contributed by atoms with E-state index in [-0.39, 0.29) is 7.43 Å². The van der Waals surface area contributed by atoms with Crippen molar-refractivity contribution in [2.75, 3.05) is 11.5 Å². The fourth-order valence-corrected chi connectivity index (χ4v) is 5.42. The fourth-order valence-electron chi connectivity index (χ4n) is 2.92.